The first-order valence-corrected chi connectivity index (χ1v) is 10.2. The molecule has 0 spiro atoms. The molecule has 2 aromatic rings. The highest BCUT2D eigenvalue weighted by Crippen LogP contribution is 2.37. The number of likely N-dealkylation sites (tertiary alicyclic amines) is 1. The number of aliphatic hydroxyl groups excluding tert-OH is 1. The Morgan fingerprint density at radius 2 is 1.79 bits per heavy atom. The van der Waals surface area contributed by atoms with Crippen LogP contribution in [0.15, 0.2) is 48.8 Å². The van der Waals surface area contributed by atoms with Crippen LogP contribution in [0.3, 0.4) is 0 Å². The van der Waals surface area contributed by atoms with Gasteiger partial charge in [-0.25, -0.2) is 0 Å². The molecule has 0 saturated carbocycles. The molecular weight excluding hydrogens is 352 g/mol. The van der Waals surface area contributed by atoms with Crippen molar-refractivity contribution in [1.29, 1.82) is 0 Å². The molecule has 148 valence electrons. The molecule has 1 amide bonds. The Kier molecular flexibility index (Phi) is 5.74. The highest BCUT2D eigenvalue weighted by atomic mass is 16.5. The Morgan fingerprint density at radius 3 is 2.46 bits per heavy atom. The van der Waals surface area contributed by atoms with Gasteiger partial charge < -0.3 is 14.7 Å². The van der Waals surface area contributed by atoms with E-state index in [0.29, 0.717) is 19.8 Å². The molecule has 1 N–H and O–H groups in total. The van der Waals surface area contributed by atoms with E-state index in [1.165, 1.54) is 5.56 Å². The minimum Gasteiger partial charge on any atom is -0.391 e. The molecule has 5 heteroatoms. The number of carbonyl (C=O) groups is 1. The standard InChI is InChI=1S/C23H28N2O3/c26-21-2-1-13-25(17-21)22(27)23(9-14-28-15-10-23)16-18-3-5-19(6-4-18)20-7-11-24-12-8-20/h3-8,11-12,21,26H,1-2,9-10,13-17H2. The van der Waals surface area contributed by atoms with Crippen LogP contribution < -0.4 is 0 Å². The second-order valence-corrected chi connectivity index (χ2v) is 8.05. The minimum atomic E-state index is -0.423. The maximum Gasteiger partial charge on any atom is 0.229 e. The molecule has 1 unspecified atom stereocenters. The fourth-order valence-corrected chi connectivity index (χ4v) is 4.45. The summed E-state index contributed by atoms with van der Waals surface area (Å²) in [5.74, 6) is 0.188. The number of nitrogens with zero attached hydrogens (tertiary/aromatic N) is 2. The molecule has 2 aliphatic rings. The van der Waals surface area contributed by atoms with Gasteiger partial charge in [0.2, 0.25) is 5.91 Å². The third-order valence-corrected chi connectivity index (χ3v) is 6.10. The fraction of sp³-hybridized carbons (Fsp3) is 0.478. The number of pyridine rings is 1. The van der Waals surface area contributed by atoms with Crippen molar-refractivity contribution < 1.29 is 14.6 Å². The molecule has 2 saturated heterocycles. The summed E-state index contributed by atoms with van der Waals surface area (Å²) >= 11 is 0. The third-order valence-electron chi connectivity index (χ3n) is 6.10. The normalized spacial score (nSPS) is 22.0. The Labute approximate surface area is 166 Å². The zero-order valence-electron chi connectivity index (χ0n) is 16.2. The maximum atomic E-state index is 13.5. The molecule has 1 atom stereocenters. The van der Waals surface area contributed by atoms with Crippen LogP contribution in [0.2, 0.25) is 0 Å². The molecule has 0 bridgehead atoms. The lowest BCUT2D eigenvalue weighted by Crippen LogP contribution is -2.52. The summed E-state index contributed by atoms with van der Waals surface area (Å²) in [6.45, 7) is 2.45. The van der Waals surface area contributed by atoms with Crippen molar-refractivity contribution in [3.63, 3.8) is 0 Å². The molecule has 0 aliphatic carbocycles. The average molecular weight is 380 g/mol. The summed E-state index contributed by atoms with van der Waals surface area (Å²) in [6.07, 6.45) is 7.07. The van der Waals surface area contributed by atoms with Crippen molar-refractivity contribution in [3.05, 3.63) is 54.4 Å². The topological polar surface area (TPSA) is 62.7 Å². The first-order chi connectivity index (χ1) is 13.7. The summed E-state index contributed by atoms with van der Waals surface area (Å²) in [5.41, 5.74) is 3.04. The van der Waals surface area contributed by atoms with E-state index >= 15 is 0 Å². The zero-order valence-corrected chi connectivity index (χ0v) is 16.2. The highest BCUT2D eigenvalue weighted by molar-refractivity contribution is 5.83. The van der Waals surface area contributed by atoms with Crippen LogP contribution in [0.4, 0.5) is 0 Å². The molecule has 5 nitrogen and oxygen atoms in total. The number of hydrogen-bond donors (Lipinski definition) is 1. The summed E-state index contributed by atoms with van der Waals surface area (Å²) in [7, 11) is 0. The van der Waals surface area contributed by atoms with E-state index in [0.717, 1.165) is 49.8 Å². The number of aliphatic hydroxyl groups is 1. The Balaban J connectivity index is 1.54. The first-order valence-electron chi connectivity index (χ1n) is 10.2. The van der Waals surface area contributed by atoms with Crippen LogP contribution in [0.25, 0.3) is 11.1 Å². The van der Waals surface area contributed by atoms with Crippen molar-refractivity contribution in [3.8, 4) is 11.1 Å². The van der Waals surface area contributed by atoms with E-state index in [9.17, 15) is 9.90 Å². The van der Waals surface area contributed by atoms with Gasteiger partial charge >= 0.3 is 0 Å². The third kappa shape index (κ3) is 4.10. The predicted molar refractivity (Wildman–Crippen MR) is 108 cm³/mol. The van der Waals surface area contributed by atoms with Crippen molar-refractivity contribution >= 4 is 5.91 Å². The number of β-amino-alcohol motifs (C(OH)–C–C–N with tert-alkyl or cyclic N) is 1. The van der Waals surface area contributed by atoms with E-state index in [2.05, 4.69) is 29.2 Å². The van der Waals surface area contributed by atoms with Gasteiger partial charge in [-0.2, -0.15) is 0 Å². The second-order valence-electron chi connectivity index (χ2n) is 8.05. The van der Waals surface area contributed by atoms with Gasteiger partial charge in [0.05, 0.1) is 11.5 Å². The monoisotopic (exact) mass is 380 g/mol. The second kappa shape index (κ2) is 8.41. The van der Waals surface area contributed by atoms with Gasteiger partial charge in [0.1, 0.15) is 0 Å². The maximum absolute atomic E-state index is 13.5. The molecule has 28 heavy (non-hydrogen) atoms. The number of amides is 1. The molecule has 1 aromatic heterocycles. The summed E-state index contributed by atoms with van der Waals surface area (Å²) < 4.78 is 5.57. The van der Waals surface area contributed by atoms with Gasteiger partial charge in [-0.3, -0.25) is 9.78 Å². The number of benzene rings is 1. The number of aromatic nitrogens is 1. The Morgan fingerprint density at radius 1 is 1.11 bits per heavy atom. The quantitative estimate of drug-likeness (QED) is 0.885. The van der Waals surface area contributed by atoms with Crippen LogP contribution >= 0.6 is 0 Å². The number of carbonyl (C=O) groups excluding carboxylic acids is 1. The summed E-state index contributed by atoms with van der Waals surface area (Å²) in [6, 6.07) is 12.5. The number of rotatable bonds is 4. The zero-order chi connectivity index (χ0) is 19.4. The lowest BCUT2D eigenvalue weighted by molar-refractivity contribution is -0.151. The average Bonchev–Trinajstić information content (AvgIpc) is 2.75. The Hall–Kier alpha value is -2.24. The van der Waals surface area contributed by atoms with Crippen molar-refractivity contribution in [1.82, 2.24) is 9.88 Å². The molecule has 4 rings (SSSR count). The van der Waals surface area contributed by atoms with Gasteiger partial charge in [0, 0.05) is 38.7 Å². The lowest BCUT2D eigenvalue weighted by atomic mass is 9.73. The molecule has 3 heterocycles. The minimum absolute atomic E-state index is 0.188. The van der Waals surface area contributed by atoms with Crippen LogP contribution in [0.5, 0.6) is 0 Å². The predicted octanol–water partition coefficient (Wildman–Crippen LogP) is 3.07. The first kappa shape index (κ1) is 19.1. The van der Waals surface area contributed by atoms with Crippen LogP contribution in [-0.2, 0) is 16.0 Å². The Bertz CT molecular complexity index is 785. The van der Waals surface area contributed by atoms with E-state index in [4.69, 9.17) is 4.74 Å². The van der Waals surface area contributed by atoms with Gasteiger partial charge in [-0.1, -0.05) is 24.3 Å². The van der Waals surface area contributed by atoms with Crippen LogP contribution in [0, 0.1) is 5.41 Å². The molecular formula is C23H28N2O3. The van der Waals surface area contributed by atoms with Crippen molar-refractivity contribution in [2.24, 2.45) is 5.41 Å². The molecule has 0 radical (unpaired) electrons. The van der Waals surface area contributed by atoms with Crippen LogP contribution in [0.1, 0.15) is 31.2 Å². The lowest BCUT2D eigenvalue weighted by Gasteiger charge is -2.42. The largest absolute Gasteiger partial charge is 0.391 e. The van der Waals surface area contributed by atoms with E-state index in [1.807, 2.05) is 17.0 Å². The van der Waals surface area contributed by atoms with Gasteiger partial charge in [0.15, 0.2) is 0 Å². The van der Waals surface area contributed by atoms with E-state index in [1.54, 1.807) is 12.4 Å². The summed E-state index contributed by atoms with van der Waals surface area (Å²) in [5, 5.41) is 10.0. The van der Waals surface area contributed by atoms with Crippen LogP contribution in [-0.4, -0.2) is 53.3 Å². The van der Waals surface area contributed by atoms with Crippen molar-refractivity contribution in [2.45, 2.75) is 38.2 Å². The number of hydrogen-bond acceptors (Lipinski definition) is 4. The molecule has 2 aliphatic heterocycles. The fourth-order valence-electron chi connectivity index (χ4n) is 4.45. The SMILES string of the molecule is O=C(N1CCCC(O)C1)C1(Cc2ccc(-c3ccncc3)cc2)CCOCC1. The van der Waals surface area contributed by atoms with Gasteiger partial charge in [0.25, 0.3) is 0 Å². The molecule has 1 aromatic carbocycles. The smallest absolute Gasteiger partial charge is 0.229 e. The highest BCUT2D eigenvalue weighted by Gasteiger charge is 2.43. The summed E-state index contributed by atoms with van der Waals surface area (Å²) in [4.78, 5) is 19.4. The van der Waals surface area contributed by atoms with E-state index < -0.39 is 11.5 Å². The van der Waals surface area contributed by atoms with Gasteiger partial charge in [-0.05, 0) is 60.9 Å². The number of ether oxygens (including phenoxy) is 1. The van der Waals surface area contributed by atoms with Crippen molar-refractivity contribution in [2.75, 3.05) is 26.3 Å². The molecule has 2 fully saturated rings. The van der Waals surface area contributed by atoms with Gasteiger partial charge in [-0.15, -0.1) is 0 Å². The number of piperidine rings is 1. The van der Waals surface area contributed by atoms with E-state index in [-0.39, 0.29) is 5.91 Å².